The lowest BCUT2D eigenvalue weighted by atomic mass is 10.0. The lowest BCUT2D eigenvalue weighted by molar-refractivity contribution is -0.124. The van der Waals surface area contributed by atoms with Crippen LogP contribution in [0.1, 0.15) is 42.7 Å². The Morgan fingerprint density at radius 2 is 1.67 bits per heavy atom. The Morgan fingerprint density at radius 3 is 2.22 bits per heavy atom. The van der Waals surface area contributed by atoms with Gasteiger partial charge in [0.15, 0.2) is 0 Å². The summed E-state index contributed by atoms with van der Waals surface area (Å²) in [6.07, 6.45) is 0. The van der Waals surface area contributed by atoms with Gasteiger partial charge in [0, 0.05) is 5.56 Å². The highest BCUT2D eigenvalue weighted by Crippen LogP contribution is 2.18. The van der Waals surface area contributed by atoms with Crippen molar-refractivity contribution in [1.82, 2.24) is 10.6 Å². The first-order chi connectivity index (χ1) is 12.8. The van der Waals surface area contributed by atoms with Gasteiger partial charge in [-0.25, -0.2) is 0 Å². The fourth-order valence-corrected chi connectivity index (χ4v) is 2.68. The Morgan fingerprint density at radius 1 is 1.00 bits per heavy atom. The SMILES string of the molecule is COc1ccc(C(=O)NC(C(=O)N[C@H](C)c2cccc(O)c2)C(C)C)cc1. The second-order valence-electron chi connectivity index (χ2n) is 6.75. The molecule has 0 aliphatic rings. The van der Waals surface area contributed by atoms with E-state index in [2.05, 4.69) is 10.6 Å². The fourth-order valence-electron chi connectivity index (χ4n) is 2.68. The molecule has 27 heavy (non-hydrogen) atoms. The van der Waals surface area contributed by atoms with Crippen molar-refractivity contribution < 1.29 is 19.4 Å². The molecule has 0 fully saturated rings. The number of hydrogen-bond acceptors (Lipinski definition) is 4. The molecule has 0 bridgehead atoms. The average Bonchev–Trinajstić information content (AvgIpc) is 2.65. The molecule has 0 aromatic heterocycles. The van der Waals surface area contributed by atoms with Crippen molar-refractivity contribution in [1.29, 1.82) is 0 Å². The average molecular weight is 370 g/mol. The fraction of sp³-hybridized carbons (Fsp3) is 0.333. The van der Waals surface area contributed by atoms with Crippen LogP contribution in [0.15, 0.2) is 48.5 Å². The van der Waals surface area contributed by atoms with Gasteiger partial charge in [-0.15, -0.1) is 0 Å². The maximum atomic E-state index is 12.7. The van der Waals surface area contributed by atoms with E-state index >= 15 is 0 Å². The van der Waals surface area contributed by atoms with Crippen LogP contribution in [0.2, 0.25) is 0 Å². The number of phenols is 1. The van der Waals surface area contributed by atoms with Crippen LogP contribution >= 0.6 is 0 Å². The molecule has 0 aliphatic carbocycles. The monoisotopic (exact) mass is 370 g/mol. The zero-order valence-electron chi connectivity index (χ0n) is 16.0. The largest absolute Gasteiger partial charge is 0.508 e. The smallest absolute Gasteiger partial charge is 0.251 e. The number of methoxy groups -OCH3 is 1. The summed E-state index contributed by atoms with van der Waals surface area (Å²) in [5.41, 5.74) is 1.24. The summed E-state index contributed by atoms with van der Waals surface area (Å²) < 4.78 is 5.09. The first-order valence-electron chi connectivity index (χ1n) is 8.86. The molecule has 2 amide bonds. The van der Waals surface area contributed by atoms with Crippen LogP contribution in [0.4, 0.5) is 0 Å². The number of ether oxygens (including phenoxy) is 1. The van der Waals surface area contributed by atoms with Gasteiger partial charge >= 0.3 is 0 Å². The highest BCUT2D eigenvalue weighted by Gasteiger charge is 2.26. The number of carbonyl (C=O) groups excluding carboxylic acids is 2. The van der Waals surface area contributed by atoms with Crippen LogP contribution in [-0.2, 0) is 4.79 Å². The summed E-state index contributed by atoms with van der Waals surface area (Å²) in [5, 5.41) is 15.3. The Labute approximate surface area is 159 Å². The Balaban J connectivity index is 2.06. The van der Waals surface area contributed by atoms with Crippen molar-refractivity contribution in [2.45, 2.75) is 32.9 Å². The molecule has 0 heterocycles. The van der Waals surface area contributed by atoms with E-state index < -0.39 is 6.04 Å². The number of rotatable bonds is 7. The topological polar surface area (TPSA) is 87.7 Å². The minimum atomic E-state index is -0.681. The Kier molecular flexibility index (Phi) is 6.82. The Hall–Kier alpha value is -3.02. The number of benzene rings is 2. The van der Waals surface area contributed by atoms with Gasteiger partial charge in [-0.1, -0.05) is 26.0 Å². The zero-order chi connectivity index (χ0) is 20.0. The number of amides is 2. The van der Waals surface area contributed by atoms with Crippen molar-refractivity contribution in [3.8, 4) is 11.5 Å². The van der Waals surface area contributed by atoms with Gasteiger partial charge in [0.1, 0.15) is 17.5 Å². The van der Waals surface area contributed by atoms with Gasteiger partial charge < -0.3 is 20.5 Å². The minimum Gasteiger partial charge on any atom is -0.508 e. The van der Waals surface area contributed by atoms with Gasteiger partial charge in [0.05, 0.1) is 13.2 Å². The van der Waals surface area contributed by atoms with Crippen molar-refractivity contribution in [2.24, 2.45) is 5.92 Å². The van der Waals surface area contributed by atoms with Crippen LogP contribution in [-0.4, -0.2) is 30.1 Å². The van der Waals surface area contributed by atoms with E-state index in [1.807, 2.05) is 26.8 Å². The standard InChI is InChI=1S/C21H26N2O4/c1-13(2)19(23-20(25)15-8-10-18(27-4)11-9-15)21(26)22-14(3)16-6-5-7-17(24)12-16/h5-14,19,24H,1-4H3,(H,22,26)(H,23,25)/t14-,19?/m1/s1. The Bertz CT molecular complexity index is 787. The summed E-state index contributed by atoms with van der Waals surface area (Å²) in [5.74, 6) is 0.106. The third kappa shape index (κ3) is 5.48. The molecule has 3 N–H and O–H groups in total. The number of phenolic OH excluding ortho intramolecular Hbond substituents is 1. The highest BCUT2D eigenvalue weighted by molar-refractivity contribution is 5.97. The number of aromatic hydroxyl groups is 1. The predicted octanol–water partition coefficient (Wildman–Crippen LogP) is 3.03. The lowest BCUT2D eigenvalue weighted by Gasteiger charge is -2.24. The third-order valence-electron chi connectivity index (χ3n) is 4.32. The van der Waals surface area contributed by atoms with Gasteiger partial charge in [0.25, 0.3) is 5.91 Å². The molecule has 6 nitrogen and oxygen atoms in total. The molecule has 2 rings (SSSR count). The van der Waals surface area contributed by atoms with Crippen LogP contribution in [0.5, 0.6) is 11.5 Å². The summed E-state index contributed by atoms with van der Waals surface area (Å²) in [4.78, 5) is 25.2. The van der Waals surface area contributed by atoms with Gasteiger partial charge in [0.2, 0.25) is 5.91 Å². The van der Waals surface area contributed by atoms with Crippen molar-refractivity contribution in [3.63, 3.8) is 0 Å². The molecule has 0 saturated heterocycles. The van der Waals surface area contributed by atoms with E-state index in [9.17, 15) is 14.7 Å². The van der Waals surface area contributed by atoms with Crippen molar-refractivity contribution in [3.05, 3.63) is 59.7 Å². The number of nitrogens with one attached hydrogen (secondary N) is 2. The number of carbonyl (C=O) groups is 2. The summed E-state index contributed by atoms with van der Waals surface area (Å²) >= 11 is 0. The molecule has 0 saturated carbocycles. The quantitative estimate of drug-likeness (QED) is 0.699. The minimum absolute atomic E-state index is 0.0939. The summed E-state index contributed by atoms with van der Waals surface area (Å²) in [6.45, 7) is 5.57. The molecule has 144 valence electrons. The van der Waals surface area contributed by atoms with E-state index in [4.69, 9.17) is 4.74 Å². The molecule has 1 unspecified atom stereocenters. The maximum absolute atomic E-state index is 12.7. The second-order valence-corrected chi connectivity index (χ2v) is 6.75. The van der Waals surface area contributed by atoms with E-state index in [1.54, 1.807) is 49.6 Å². The first kappa shape index (κ1) is 20.3. The van der Waals surface area contributed by atoms with Crippen LogP contribution in [0.3, 0.4) is 0 Å². The third-order valence-corrected chi connectivity index (χ3v) is 4.32. The zero-order valence-corrected chi connectivity index (χ0v) is 16.0. The maximum Gasteiger partial charge on any atom is 0.251 e. The molecular weight excluding hydrogens is 344 g/mol. The molecule has 0 radical (unpaired) electrons. The van der Waals surface area contributed by atoms with Crippen LogP contribution in [0.25, 0.3) is 0 Å². The van der Waals surface area contributed by atoms with Crippen LogP contribution < -0.4 is 15.4 Å². The van der Waals surface area contributed by atoms with Crippen molar-refractivity contribution >= 4 is 11.8 Å². The predicted molar refractivity (Wildman–Crippen MR) is 104 cm³/mol. The highest BCUT2D eigenvalue weighted by atomic mass is 16.5. The van der Waals surface area contributed by atoms with Crippen molar-refractivity contribution in [2.75, 3.05) is 7.11 Å². The summed E-state index contributed by atoms with van der Waals surface area (Å²) in [7, 11) is 1.56. The molecule has 0 spiro atoms. The first-order valence-corrected chi connectivity index (χ1v) is 8.86. The van der Waals surface area contributed by atoms with E-state index in [1.165, 1.54) is 0 Å². The second kappa shape index (κ2) is 9.07. The van der Waals surface area contributed by atoms with E-state index in [-0.39, 0.29) is 29.5 Å². The molecule has 0 aliphatic heterocycles. The molecule has 2 atom stereocenters. The number of hydrogen-bond donors (Lipinski definition) is 3. The normalized spacial score (nSPS) is 12.9. The molecule has 6 heteroatoms. The summed E-state index contributed by atoms with van der Waals surface area (Å²) in [6, 6.07) is 12.4. The van der Waals surface area contributed by atoms with E-state index in [0.717, 1.165) is 5.56 Å². The lowest BCUT2D eigenvalue weighted by Crippen LogP contribution is -2.50. The molecule has 2 aromatic rings. The van der Waals surface area contributed by atoms with Gasteiger partial charge in [-0.05, 0) is 54.8 Å². The molecular formula is C21H26N2O4. The van der Waals surface area contributed by atoms with Crippen LogP contribution in [0, 0.1) is 5.92 Å². The van der Waals surface area contributed by atoms with Gasteiger partial charge in [-0.3, -0.25) is 9.59 Å². The van der Waals surface area contributed by atoms with Gasteiger partial charge in [-0.2, -0.15) is 0 Å². The van der Waals surface area contributed by atoms with E-state index in [0.29, 0.717) is 11.3 Å². The molecule has 2 aromatic carbocycles.